The molecule has 0 fully saturated rings. The SMILES string of the molecule is CC[C@@H](C)[C@H](NC(=O)Cc1c(F)cccc1F)C(N)=O. The molecule has 4 nitrogen and oxygen atoms in total. The van der Waals surface area contributed by atoms with E-state index in [1.165, 1.54) is 6.07 Å². The Hall–Kier alpha value is -1.98. The van der Waals surface area contributed by atoms with Gasteiger partial charge in [0.25, 0.3) is 0 Å². The van der Waals surface area contributed by atoms with Gasteiger partial charge in [-0.25, -0.2) is 8.78 Å². The fraction of sp³-hybridized carbons (Fsp3) is 0.429. The van der Waals surface area contributed by atoms with Crippen LogP contribution in [0.25, 0.3) is 0 Å². The molecule has 1 rings (SSSR count). The number of nitrogens with one attached hydrogen (secondary N) is 1. The highest BCUT2D eigenvalue weighted by Crippen LogP contribution is 2.13. The van der Waals surface area contributed by atoms with Gasteiger partial charge >= 0.3 is 0 Å². The first-order valence-corrected chi connectivity index (χ1v) is 6.38. The summed E-state index contributed by atoms with van der Waals surface area (Å²) >= 11 is 0. The monoisotopic (exact) mass is 284 g/mol. The number of hydrogen-bond acceptors (Lipinski definition) is 2. The fourth-order valence-electron chi connectivity index (χ4n) is 1.82. The molecule has 3 N–H and O–H groups in total. The summed E-state index contributed by atoms with van der Waals surface area (Å²) in [6.07, 6.45) is 0.167. The van der Waals surface area contributed by atoms with Crippen molar-refractivity contribution in [2.75, 3.05) is 0 Å². The van der Waals surface area contributed by atoms with Gasteiger partial charge < -0.3 is 11.1 Å². The third-order valence-corrected chi connectivity index (χ3v) is 3.24. The molecule has 0 bridgehead atoms. The average molecular weight is 284 g/mol. The Kier molecular flexibility index (Phi) is 5.61. The lowest BCUT2D eigenvalue weighted by Crippen LogP contribution is -2.48. The van der Waals surface area contributed by atoms with Crippen molar-refractivity contribution in [2.24, 2.45) is 11.7 Å². The first-order chi connectivity index (χ1) is 9.36. The van der Waals surface area contributed by atoms with E-state index in [9.17, 15) is 18.4 Å². The third kappa shape index (κ3) is 4.01. The maximum absolute atomic E-state index is 13.4. The fourth-order valence-corrected chi connectivity index (χ4v) is 1.82. The second-order valence-electron chi connectivity index (χ2n) is 4.71. The molecule has 0 saturated heterocycles. The molecule has 0 heterocycles. The maximum atomic E-state index is 13.4. The van der Waals surface area contributed by atoms with Crippen LogP contribution in [-0.4, -0.2) is 17.9 Å². The van der Waals surface area contributed by atoms with Crippen molar-refractivity contribution in [3.05, 3.63) is 35.4 Å². The molecule has 0 aliphatic carbocycles. The van der Waals surface area contributed by atoms with E-state index in [-0.39, 0.29) is 11.5 Å². The molecule has 1 aromatic rings. The number of benzene rings is 1. The van der Waals surface area contributed by atoms with Crippen molar-refractivity contribution in [3.8, 4) is 0 Å². The number of carbonyl (C=O) groups is 2. The Morgan fingerprint density at radius 1 is 1.30 bits per heavy atom. The lowest BCUT2D eigenvalue weighted by atomic mass is 9.98. The van der Waals surface area contributed by atoms with E-state index < -0.39 is 35.9 Å². The van der Waals surface area contributed by atoms with Crippen molar-refractivity contribution in [1.82, 2.24) is 5.32 Å². The first kappa shape index (κ1) is 16.1. The van der Waals surface area contributed by atoms with Gasteiger partial charge in [0.15, 0.2) is 0 Å². The molecular formula is C14H18F2N2O2. The van der Waals surface area contributed by atoms with Crippen molar-refractivity contribution in [2.45, 2.75) is 32.7 Å². The number of amides is 2. The number of primary amides is 1. The largest absolute Gasteiger partial charge is 0.368 e. The maximum Gasteiger partial charge on any atom is 0.240 e. The van der Waals surface area contributed by atoms with E-state index in [0.29, 0.717) is 6.42 Å². The minimum atomic E-state index is -0.845. The van der Waals surface area contributed by atoms with E-state index in [0.717, 1.165) is 12.1 Å². The normalized spacial score (nSPS) is 13.6. The molecule has 0 radical (unpaired) electrons. The zero-order chi connectivity index (χ0) is 15.3. The Bertz CT molecular complexity index is 486. The molecule has 0 spiro atoms. The zero-order valence-electron chi connectivity index (χ0n) is 11.5. The number of nitrogens with two attached hydrogens (primary N) is 1. The van der Waals surface area contributed by atoms with E-state index in [4.69, 9.17) is 5.73 Å². The van der Waals surface area contributed by atoms with Gasteiger partial charge in [0, 0.05) is 5.56 Å². The topological polar surface area (TPSA) is 72.2 Å². The molecule has 0 aromatic heterocycles. The summed E-state index contributed by atoms with van der Waals surface area (Å²) < 4.78 is 26.8. The van der Waals surface area contributed by atoms with Crippen LogP contribution in [0.1, 0.15) is 25.8 Å². The predicted octanol–water partition coefficient (Wildman–Crippen LogP) is 1.52. The van der Waals surface area contributed by atoms with Gasteiger partial charge in [0.2, 0.25) is 11.8 Å². The Labute approximate surface area is 116 Å². The van der Waals surface area contributed by atoms with Crippen LogP contribution < -0.4 is 11.1 Å². The number of hydrogen-bond donors (Lipinski definition) is 2. The molecule has 110 valence electrons. The Morgan fingerprint density at radius 3 is 2.30 bits per heavy atom. The summed E-state index contributed by atoms with van der Waals surface area (Å²) in [5, 5.41) is 2.42. The molecule has 20 heavy (non-hydrogen) atoms. The van der Waals surface area contributed by atoms with Crippen molar-refractivity contribution >= 4 is 11.8 Å². The second-order valence-corrected chi connectivity index (χ2v) is 4.71. The standard InChI is InChI=1S/C14H18F2N2O2/c1-3-8(2)13(14(17)20)18-12(19)7-9-10(15)5-4-6-11(9)16/h4-6,8,13H,3,7H2,1-2H3,(H2,17,20)(H,18,19)/t8-,13+/m1/s1. The lowest BCUT2D eigenvalue weighted by Gasteiger charge is -2.21. The van der Waals surface area contributed by atoms with E-state index in [1.807, 2.05) is 6.92 Å². The molecule has 6 heteroatoms. The molecule has 0 saturated carbocycles. The van der Waals surface area contributed by atoms with Gasteiger partial charge in [-0.15, -0.1) is 0 Å². The van der Waals surface area contributed by atoms with Gasteiger partial charge in [-0.3, -0.25) is 9.59 Å². The molecule has 0 unspecified atom stereocenters. The van der Waals surface area contributed by atoms with Crippen molar-refractivity contribution in [1.29, 1.82) is 0 Å². The van der Waals surface area contributed by atoms with Crippen LogP contribution in [0.2, 0.25) is 0 Å². The second kappa shape index (κ2) is 6.98. The van der Waals surface area contributed by atoms with Crippen LogP contribution in [0, 0.1) is 17.6 Å². The van der Waals surface area contributed by atoms with Gasteiger partial charge in [0.05, 0.1) is 6.42 Å². The molecule has 0 aliphatic rings. The molecule has 1 aromatic carbocycles. The van der Waals surface area contributed by atoms with E-state index in [2.05, 4.69) is 5.32 Å². The van der Waals surface area contributed by atoms with Crippen LogP contribution >= 0.6 is 0 Å². The highest BCUT2D eigenvalue weighted by molar-refractivity contribution is 5.87. The predicted molar refractivity (Wildman–Crippen MR) is 70.6 cm³/mol. The summed E-state index contributed by atoms with van der Waals surface area (Å²) in [7, 11) is 0. The highest BCUT2D eigenvalue weighted by atomic mass is 19.1. The number of carbonyl (C=O) groups excluding carboxylic acids is 2. The van der Waals surface area contributed by atoms with Gasteiger partial charge in [-0.05, 0) is 18.1 Å². The molecule has 2 atom stereocenters. The Balaban J connectivity index is 2.79. The summed E-state index contributed by atoms with van der Waals surface area (Å²) in [6.45, 7) is 3.61. The lowest BCUT2D eigenvalue weighted by molar-refractivity contribution is -0.128. The van der Waals surface area contributed by atoms with Gasteiger partial charge in [-0.2, -0.15) is 0 Å². The van der Waals surface area contributed by atoms with Crippen LogP contribution in [0.4, 0.5) is 8.78 Å². The van der Waals surface area contributed by atoms with Crippen LogP contribution in [0.5, 0.6) is 0 Å². The van der Waals surface area contributed by atoms with Crippen molar-refractivity contribution < 1.29 is 18.4 Å². The number of halogens is 2. The van der Waals surface area contributed by atoms with E-state index in [1.54, 1.807) is 6.92 Å². The number of rotatable bonds is 6. The summed E-state index contributed by atoms with van der Waals surface area (Å²) in [5.74, 6) is -3.04. The van der Waals surface area contributed by atoms with Crippen molar-refractivity contribution in [3.63, 3.8) is 0 Å². The zero-order valence-corrected chi connectivity index (χ0v) is 11.5. The minimum absolute atomic E-state index is 0.151. The van der Waals surface area contributed by atoms with E-state index >= 15 is 0 Å². The molecular weight excluding hydrogens is 266 g/mol. The van der Waals surface area contributed by atoms with Gasteiger partial charge in [0.1, 0.15) is 17.7 Å². The quantitative estimate of drug-likeness (QED) is 0.831. The van der Waals surface area contributed by atoms with Crippen LogP contribution in [0.15, 0.2) is 18.2 Å². The van der Waals surface area contributed by atoms with Crippen LogP contribution in [-0.2, 0) is 16.0 Å². The summed E-state index contributed by atoms with van der Waals surface area (Å²) in [5.41, 5.74) is 4.89. The summed E-state index contributed by atoms with van der Waals surface area (Å²) in [4.78, 5) is 23.1. The van der Waals surface area contributed by atoms with Crippen LogP contribution in [0.3, 0.4) is 0 Å². The molecule has 0 aliphatic heterocycles. The van der Waals surface area contributed by atoms with Gasteiger partial charge in [-0.1, -0.05) is 26.3 Å². The third-order valence-electron chi connectivity index (χ3n) is 3.24. The first-order valence-electron chi connectivity index (χ1n) is 6.38. The summed E-state index contributed by atoms with van der Waals surface area (Å²) in [6, 6.07) is 2.53. The minimum Gasteiger partial charge on any atom is -0.368 e. The molecule has 2 amide bonds. The smallest absolute Gasteiger partial charge is 0.240 e. The average Bonchev–Trinajstić information content (AvgIpc) is 2.39. The Morgan fingerprint density at radius 2 is 1.85 bits per heavy atom. The highest BCUT2D eigenvalue weighted by Gasteiger charge is 2.24.